The molecule has 1 fully saturated rings. The van der Waals surface area contributed by atoms with E-state index >= 15 is 0 Å². The molecule has 0 aliphatic carbocycles. The van der Waals surface area contributed by atoms with Crippen LogP contribution < -0.4 is 10.2 Å². The molecule has 0 spiro atoms. The lowest BCUT2D eigenvalue weighted by Gasteiger charge is -2.35. The van der Waals surface area contributed by atoms with Crippen molar-refractivity contribution in [1.29, 1.82) is 5.26 Å². The van der Waals surface area contributed by atoms with Crippen LogP contribution in [0.3, 0.4) is 0 Å². The van der Waals surface area contributed by atoms with Gasteiger partial charge >= 0.3 is 6.03 Å². The van der Waals surface area contributed by atoms with Gasteiger partial charge in [0.15, 0.2) is 5.69 Å². The summed E-state index contributed by atoms with van der Waals surface area (Å²) in [7, 11) is 0. The lowest BCUT2D eigenvalue weighted by atomic mass is 10.0. The van der Waals surface area contributed by atoms with Crippen LogP contribution in [0.25, 0.3) is 0 Å². The number of benzene rings is 1. The van der Waals surface area contributed by atoms with Gasteiger partial charge in [-0.1, -0.05) is 26.0 Å². The molecule has 1 aromatic heterocycles. The van der Waals surface area contributed by atoms with E-state index in [1.165, 1.54) is 11.8 Å². The van der Waals surface area contributed by atoms with E-state index in [9.17, 15) is 4.79 Å². The SMILES string of the molecule is CC(C)c1ccc(NC(=O)N2CCN(c3cnc(C#N)cn3)CC2)cc1. The number of nitriles is 1. The Bertz CT molecular complexity index is 786. The summed E-state index contributed by atoms with van der Waals surface area (Å²) >= 11 is 0. The van der Waals surface area contributed by atoms with Gasteiger partial charge in [0, 0.05) is 31.9 Å². The fourth-order valence-electron chi connectivity index (χ4n) is 2.83. The van der Waals surface area contributed by atoms with E-state index in [1.54, 1.807) is 11.1 Å². The van der Waals surface area contributed by atoms with Crippen LogP contribution in [0.15, 0.2) is 36.7 Å². The summed E-state index contributed by atoms with van der Waals surface area (Å²) in [4.78, 5) is 24.6. The number of anilines is 2. The fourth-order valence-corrected chi connectivity index (χ4v) is 2.83. The number of hydrogen-bond acceptors (Lipinski definition) is 5. The molecule has 1 saturated heterocycles. The summed E-state index contributed by atoms with van der Waals surface area (Å²) in [5.41, 5.74) is 2.36. The first kappa shape index (κ1) is 17.7. The maximum atomic E-state index is 12.4. The van der Waals surface area contributed by atoms with Gasteiger partial charge in [0.25, 0.3) is 0 Å². The highest BCUT2D eigenvalue weighted by Gasteiger charge is 2.22. The van der Waals surface area contributed by atoms with E-state index < -0.39 is 0 Å². The molecule has 134 valence electrons. The van der Waals surface area contributed by atoms with E-state index in [4.69, 9.17) is 5.26 Å². The molecule has 7 heteroatoms. The number of nitrogens with zero attached hydrogens (tertiary/aromatic N) is 5. The Morgan fingerprint density at radius 2 is 1.81 bits per heavy atom. The second-order valence-corrected chi connectivity index (χ2v) is 6.55. The predicted molar refractivity (Wildman–Crippen MR) is 100 cm³/mol. The predicted octanol–water partition coefficient (Wildman–Crippen LogP) is 2.83. The molecular formula is C19H22N6O. The van der Waals surface area contributed by atoms with Crippen LogP contribution in [0.2, 0.25) is 0 Å². The summed E-state index contributed by atoms with van der Waals surface area (Å²) in [6.45, 7) is 6.87. The molecule has 2 heterocycles. The third kappa shape index (κ3) is 4.09. The Morgan fingerprint density at radius 3 is 2.35 bits per heavy atom. The smallest absolute Gasteiger partial charge is 0.321 e. The highest BCUT2D eigenvalue weighted by atomic mass is 16.2. The van der Waals surface area contributed by atoms with Gasteiger partial charge < -0.3 is 15.1 Å². The van der Waals surface area contributed by atoms with Crippen molar-refractivity contribution in [1.82, 2.24) is 14.9 Å². The second kappa shape index (κ2) is 7.83. The van der Waals surface area contributed by atoms with E-state index in [-0.39, 0.29) is 6.03 Å². The summed E-state index contributed by atoms with van der Waals surface area (Å²) < 4.78 is 0. The molecule has 0 bridgehead atoms. The van der Waals surface area contributed by atoms with Crippen molar-refractivity contribution in [2.45, 2.75) is 19.8 Å². The minimum absolute atomic E-state index is 0.0899. The maximum Gasteiger partial charge on any atom is 0.321 e. The molecular weight excluding hydrogens is 328 g/mol. The normalized spacial score (nSPS) is 14.2. The molecule has 0 saturated carbocycles. The van der Waals surface area contributed by atoms with Crippen molar-refractivity contribution >= 4 is 17.5 Å². The fraction of sp³-hybridized carbons (Fsp3) is 0.368. The molecule has 1 aliphatic rings. The van der Waals surface area contributed by atoms with E-state index in [2.05, 4.69) is 34.0 Å². The summed E-state index contributed by atoms with van der Waals surface area (Å²) in [6, 6.07) is 9.84. The number of aromatic nitrogens is 2. The molecule has 2 aromatic rings. The number of hydrogen-bond donors (Lipinski definition) is 1. The molecule has 0 radical (unpaired) electrons. The van der Waals surface area contributed by atoms with Crippen molar-refractivity contribution in [2.75, 3.05) is 36.4 Å². The van der Waals surface area contributed by atoms with Crippen LogP contribution in [0, 0.1) is 11.3 Å². The molecule has 7 nitrogen and oxygen atoms in total. The van der Waals surface area contributed by atoms with Gasteiger partial charge in [0.1, 0.15) is 11.9 Å². The van der Waals surface area contributed by atoms with Gasteiger partial charge in [-0.15, -0.1) is 0 Å². The lowest BCUT2D eigenvalue weighted by Crippen LogP contribution is -2.50. The number of urea groups is 1. The molecule has 2 amide bonds. The zero-order chi connectivity index (χ0) is 18.5. The minimum Gasteiger partial charge on any atom is -0.352 e. The van der Waals surface area contributed by atoms with Crippen molar-refractivity contribution in [2.24, 2.45) is 0 Å². The number of nitrogens with one attached hydrogen (secondary N) is 1. The average Bonchev–Trinajstić information content (AvgIpc) is 2.68. The van der Waals surface area contributed by atoms with E-state index in [1.807, 2.05) is 30.3 Å². The number of carbonyl (C=O) groups is 1. The molecule has 1 N–H and O–H groups in total. The summed E-state index contributed by atoms with van der Waals surface area (Å²) in [5.74, 6) is 1.20. The monoisotopic (exact) mass is 350 g/mol. The van der Waals surface area contributed by atoms with Crippen LogP contribution in [0.1, 0.15) is 31.0 Å². The molecule has 0 unspecified atom stereocenters. The average molecular weight is 350 g/mol. The summed E-state index contributed by atoms with van der Waals surface area (Å²) in [5, 5.41) is 11.7. The Morgan fingerprint density at radius 1 is 1.12 bits per heavy atom. The molecule has 26 heavy (non-hydrogen) atoms. The minimum atomic E-state index is -0.0899. The van der Waals surface area contributed by atoms with Crippen molar-refractivity contribution < 1.29 is 4.79 Å². The quantitative estimate of drug-likeness (QED) is 0.920. The van der Waals surface area contributed by atoms with Crippen LogP contribution >= 0.6 is 0 Å². The van der Waals surface area contributed by atoms with Gasteiger partial charge in [-0.3, -0.25) is 0 Å². The van der Waals surface area contributed by atoms with Gasteiger partial charge in [0.2, 0.25) is 0 Å². The van der Waals surface area contributed by atoms with Gasteiger partial charge in [0.05, 0.1) is 12.4 Å². The Labute approximate surface area is 153 Å². The van der Waals surface area contributed by atoms with Crippen LogP contribution in [-0.2, 0) is 0 Å². The number of carbonyl (C=O) groups excluding carboxylic acids is 1. The summed E-state index contributed by atoms with van der Waals surface area (Å²) in [6.07, 6.45) is 3.07. The van der Waals surface area contributed by atoms with Crippen LogP contribution in [0.4, 0.5) is 16.3 Å². The van der Waals surface area contributed by atoms with E-state index in [0.29, 0.717) is 37.8 Å². The maximum absolute atomic E-state index is 12.4. The van der Waals surface area contributed by atoms with E-state index in [0.717, 1.165) is 11.5 Å². The Balaban J connectivity index is 1.53. The van der Waals surface area contributed by atoms with Gasteiger partial charge in [-0.2, -0.15) is 5.26 Å². The van der Waals surface area contributed by atoms with Gasteiger partial charge in [-0.05, 0) is 23.6 Å². The largest absolute Gasteiger partial charge is 0.352 e. The third-order valence-electron chi connectivity index (χ3n) is 4.47. The second-order valence-electron chi connectivity index (χ2n) is 6.55. The zero-order valence-corrected chi connectivity index (χ0v) is 15.0. The van der Waals surface area contributed by atoms with Crippen molar-refractivity contribution in [3.05, 3.63) is 47.9 Å². The van der Waals surface area contributed by atoms with Crippen LogP contribution in [-0.4, -0.2) is 47.1 Å². The van der Waals surface area contributed by atoms with Crippen molar-refractivity contribution in [3.63, 3.8) is 0 Å². The number of piperazine rings is 1. The first-order valence-electron chi connectivity index (χ1n) is 8.70. The first-order valence-corrected chi connectivity index (χ1v) is 8.70. The Hall–Kier alpha value is -3.14. The van der Waals surface area contributed by atoms with Crippen LogP contribution in [0.5, 0.6) is 0 Å². The number of amides is 2. The lowest BCUT2D eigenvalue weighted by molar-refractivity contribution is 0.208. The van der Waals surface area contributed by atoms with Crippen molar-refractivity contribution in [3.8, 4) is 6.07 Å². The topological polar surface area (TPSA) is 85.2 Å². The first-order chi connectivity index (χ1) is 12.6. The standard InChI is InChI=1S/C19H22N6O/c1-14(2)15-3-5-16(6-4-15)23-19(26)25-9-7-24(8-10-25)18-13-21-17(11-20)12-22-18/h3-6,12-14H,7-10H2,1-2H3,(H,23,26). The third-order valence-corrected chi connectivity index (χ3v) is 4.47. The highest BCUT2D eigenvalue weighted by Crippen LogP contribution is 2.18. The molecule has 1 aliphatic heterocycles. The van der Waals surface area contributed by atoms with Gasteiger partial charge in [-0.25, -0.2) is 14.8 Å². The highest BCUT2D eigenvalue weighted by molar-refractivity contribution is 5.89. The number of rotatable bonds is 3. The Kier molecular flexibility index (Phi) is 5.32. The zero-order valence-electron chi connectivity index (χ0n) is 15.0. The molecule has 1 aromatic carbocycles. The molecule has 3 rings (SSSR count). The molecule has 0 atom stereocenters.